The van der Waals surface area contributed by atoms with Crippen LogP contribution in [-0.4, -0.2) is 16.3 Å². The third kappa shape index (κ3) is 7.62. The van der Waals surface area contributed by atoms with Gasteiger partial charge < -0.3 is 14.6 Å². The maximum atomic E-state index is 14.1. The van der Waals surface area contributed by atoms with Gasteiger partial charge in [-0.3, -0.25) is 14.4 Å². The summed E-state index contributed by atoms with van der Waals surface area (Å²) in [5.74, 6) is -3.18. The van der Waals surface area contributed by atoms with Crippen LogP contribution in [0, 0.1) is 23.5 Å². The van der Waals surface area contributed by atoms with Gasteiger partial charge in [-0.25, -0.2) is 8.78 Å². The number of halogens is 2. The molecule has 210 valence electrons. The Labute approximate surface area is 233 Å². The largest absolute Gasteiger partial charge is 0.483 e. The zero-order valence-corrected chi connectivity index (χ0v) is 23.0. The fourth-order valence-corrected chi connectivity index (χ4v) is 3.95. The van der Waals surface area contributed by atoms with Crippen LogP contribution in [0.4, 0.5) is 8.78 Å². The van der Waals surface area contributed by atoms with Crippen molar-refractivity contribution in [2.24, 2.45) is 11.8 Å². The maximum absolute atomic E-state index is 14.1. The molecule has 1 amide bonds. The highest BCUT2D eigenvalue weighted by atomic mass is 19.1. The van der Waals surface area contributed by atoms with E-state index in [1.807, 2.05) is 51.1 Å². The number of amides is 1. The Bertz CT molecular complexity index is 1460. The highest BCUT2D eigenvalue weighted by Gasteiger charge is 2.27. The van der Waals surface area contributed by atoms with Crippen molar-refractivity contribution in [1.29, 1.82) is 0 Å². The average Bonchev–Trinajstić information content (AvgIpc) is 2.92. The first-order chi connectivity index (χ1) is 19.0. The Kier molecular flexibility index (Phi) is 10.3. The number of hydrogen-bond acceptors (Lipinski definition) is 4. The number of allylic oxidation sites excluding steroid dienone is 2. The van der Waals surface area contributed by atoms with Gasteiger partial charge >= 0.3 is 0 Å². The summed E-state index contributed by atoms with van der Waals surface area (Å²) in [5.41, 5.74) is 0.694. The first kappa shape index (κ1) is 30.2. The number of Topliss-reactive ketones (excluding diaryl/α,β-unsaturated/α-hetero) is 1. The summed E-state index contributed by atoms with van der Waals surface area (Å²) in [7, 11) is 0. The van der Waals surface area contributed by atoms with Crippen molar-refractivity contribution in [1.82, 2.24) is 9.88 Å². The Morgan fingerprint density at radius 2 is 1.82 bits per heavy atom. The van der Waals surface area contributed by atoms with Gasteiger partial charge in [-0.2, -0.15) is 0 Å². The smallest absolute Gasteiger partial charge is 0.257 e. The van der Waals surface area contributed by atoms with E-state index < -0.39 is 23.0 Å². The van der Waals surface area contributed by atoms with Crippen LogP contribution in [-0.2, 0) is 19.7 Å². The molecule has 0 bridgehead atoms. The lowest BCUT2D eigenvalue weighted by Crippen LogP contribution is -2.33. The topological polar surface area (TPSA) is 77.4 Å². The summed E-state index contributed by atoms with van der Waals surface area (Å²) in [5, 5.41) is 2.52. The second kappa shape index (κ2) is 13.6. The molecule has 3 rings (SSSR count). The molecular weight excluding hydrogens is 514 g/mol. The molecule has 2 aromatic carbocycles. The van der Waals surface area contributed by atoms with E-state index in [2.05, 4.69) is 18.5 Å². The van der Waals surface area contributed by atoms with Crippen LogP contribution in [0.3, 0.4) is 0 Å². The highest BCUT2D eigenvalue weighted by Crippen LogP contribution is 2.24. The normalized spacial score (nSPS) is 12.3. The minimum absolute atomic E-state index is 0.00469. The number of ketones is 1. The Morgan fingerprint density at radius 3 is 2.45 bits per heavy atom. The van der Waals surface area contributed by atoms with Crippen LogP contribution in [0.15, 0.2) is 84.3 Å². The molecule has 1 heterocycles. The van der Waals surface area contributed by atoms with Gasteiger partial charge in [-0.1, -0.05) is 68.5 Å². The summed E-state index contributed by atoms with van der Waals surface area (Å²) in [6.45, 7) is 13.3. The second-order valence-electron chi connectivity index (χ2n) is 9.98. The minimum Gasteiger partial charge on any atom is -0.483 e. The van der Waals surface area contributed by atoms with Crippen molar-refractivity contribution in [2.45, 2.75) is 46.9 Å². The number of hydrogen-bond donors (Lipinski definition) is 1. The number of carbonyl (C=O) groups excluding carboxylic acids is 2. The number of carbonyl (C=O) groups is 2. The van der Waals surface area contributed by atoms with Gasteiger partial charge in [0.05, 0.1) is 0 Å². The van der Waals surface area contributed by atoms with E-state index in [4.69, 9.17) is 4.74 Å². The fourth-order valence-electron chi connectivity index (χ4n) is 3.95. The van der Waals surface area contributed by atoms with Gasteiger partial charge in [0.25, 0.3) is 5.91 Å². The van der Waals surface area contributed by atoms with Crippen LogP contribution >= 0.6 is 0 Å². The molecule has 2 atom stereocenters. The van der Waals surface area contributed by atoms with Gasteiger partial charge in [0.1, 0.15) is 29.5 Å². The van der Waals surface area contributed by atoms with Gasteiger partial charge in [0.2, 0.25) is 5.43 Å². The van der Waals surface area contributed by atoms with Crippen molar-refractivity contribution in [3.05, 3.63) is 124 Å². The van der Waals surface area contributed by atoms with Gasteiger partial charge in [-0.05, 0) is 30.4 Å². The number of ether oxygens (including phenoxy) is 1. The molecule has 3 aromatic rings. The quantitative estimate of drug-likeness (QED) is 0.203. The molecule has 0 aliphatic heterocycles. The average molecular weight is 549 g/mol. The molecule has 8 heteroatoms. The summed E-state index contributed by atoms with van der Waals surface area (Å²) in [6.07, 6.45) is 3.07. The lowest BCUT2D eigenvalue weighted by Gasteiger charge is -2.22. The monoisotopic (exact) mass is 548 g/mol. The zero-order valence-electron chi connectivity index (χ0n) is 23.0. The predicted molar refractivity (Wildman–Crippen MR) is 151 cm³/mol. The zero-order chi connectivity index (χ0) is 29.4. The van der Waals surface area contributed by atoms with Crippen LogP contribution in [0.2, 0.25) is 0 Å². The number of benzene rings is 2. The maximum Gasteiger partial charge on any atom is 0.257 e. The fraction of sp³-hybridized carbons (Fsp3) is 0.281. The van der Waals surface area contributed by atoms with E-state index in [0.717, 1.165) is 17.2 Å². The molecule has 40 heavy (non-hydrogen) atoms. The molecule has 0 spiro atoms. The van der Waals surface area contributed by atoms with Gasteiger partial charge in [0.15, 0.2) is 11.5 Å². The highest BCUT2D eigenvalue weighted by molar-refractivity contribution is 6.00. The van der Waals surface area contributed by atoms with Crippen LogP contribution < -0.4 is 15.5 Å². The standard InChI is InChI=1S/C32H34F2N2O4/c1-6-21(4)14-28(37)29-31(40-19-23-10-8-7-9-11-23)30(38)26(18-36(29)17-22(5)20(2)3)32(39)35-16-24-12-13-25(33)15-27(24)34/h6-13,15,18,21-22H,1-2,14,16-17,19H2,3-5H3,(H,35,39)/t21-,22?/m0/s1. The number of pyridine rings is 1. The predicted octanol–water partition coefficient (Wildman–Crippen LogP) is 6.24. The van der Waals surface area contributed by atoms with Crippen LogP contribution in [0.1, 0.15) is 59.2 Å². The van der Waals surface area contributed by atoms with Gasteiger partial charge in [-0.15, -0.1) is 6.58 Å². The first-order valence-electron chi connectivity index (χ1n) is 13.0. The Hall–Kier alpha value is -4.33. The summed E-state index contributed by atoms with van der Waals surface area (Å²) >= 11 is 0. The molecule has 6 nitrogen and oxygen atoms in total. The Balaban J connectivity index is 2.10. The lowest BCUT2D eigenvalue weighted by molar-refractivity contribution is 0.0933. The molecule has 0 radical (unpaired) electrons. The molecule has 0 saturated carbocycles. The number of aromatic nitrogens is 1. The van der Waals surface area contributed by atoms with Crippen molar-refractivity contribution < 1.29 is 23.1 Å². The van der Waals surface area contributed by atoms with E-state index in [-0.39, 0.29) is 66.3 Å². The van der Waals surface area contributed by atoms with Crippen LogP contribution in [0.25, 0.3) is 0 Å². The van der Waals surface area contributed by atoms with E-state index in [0.29, 0.717) is 6.07 Å². The van der Waals surface area contributed by atoms with E-state index in [1.165, 1.54) is 12.3 Å². The second-order valence-corrected chi connectivity index (χ2v) is 9.98. The number of rotatable bonds is 13. The van der Waals surface area contributed by atoms with Crippen molar-refractivity contribution >= 4 is 11.7 Å². The molecule has 1 aromatic heterocycles. The van der Waals surface area contributed by atoms with E-state index >= 15 is 0 Å². The van der Waals surface area contributed by atoms with E-state index in [1.54, 1.807) is 10.6 Å². The molecule has 0 aliphatic rings. The minimum atomic E-state index is -0.822. The van der Waals surface area contributed by atoms with Crippen molar-refractivity contribution in [3.63, 3.8) is 0 Å². The molecule has 1 N–H and O–H groups in total. The van der Waals surface area contributed by atoms with E-state index in [9.17, 15) is 23.2 Å². The molecule has 0 fully saturated rings. The van der Waals surface area contributed by atoms with Crippen LogP contribution in [0.5, 0.6) is 5.75 Å². The summed E-state index contributed by atoms with van der Waals surface area (Å²) in [4.78, 5) is 40.5. The molecular formula is C32H34F2N2O4. The third-order valence-corrected chi connectivity index (χ3v) is 6.65. The van der Waals surface area contributed by atoms with Gasteiger partial charge in [0, 0.05) is 37.3 Å². The molecule has 0 aliphatic carbocycles. The third-order valence-electron chi connectivity index (χ3n) is 6.65. The SMILES string of the molecule is C=C[C@H](C)CC(=O)c1c(OCc2ccccc2)c(=O)c(C(=O)NCc2ccc(F)cc2F)cn1CC(C)C(=C)C. The first-order valence-corrected chi connectivity index (χ1v) is 13.0. The number of nitrogens with one attached hydrogen (secondary N) is 1. The number of nitrogens with zero attached hydrogens (tertiary/aromatic N) is 1. The lowest BCUT2D eigenvalue weighted by atomic mass is 9.99. The summed E-state index contributed by atoms with van der Waals surface area (Å²) < 4.78 is 35.0. The van der Waals surface area contributed by atoms with Crippen molar-refractivity contribution in [2.75, 3.05) is 0 Å². The van der Waals surface area contributed by atoms with Crippen molar-refractivity contribution in [3.8, 4) is 5.75 Å². The molecule has 0 saturated heterocycles. The molecule has 1 unspecified atom stereocenters. The Morgan fingerprint density at radius 1 is 1.12 bits per heavy atom. The summed E-state index contributed by atoms with van der Waals surface area (Å²) in [6, 6.07) is 12.1.